The predicted octanol–water partition coefficient (Wildman–Crippen LogP) is 2.04. The minimum Gasteiger partial charge on any atom is -0.494 e. The molecule has 0 bridgehead atoms. The fourth-order valence-electron chi connectivity index (χ4n) is 1.03. The molecular formula is C10H15ClN2O. The van der Waals surface area contributed by atoms with Crippen LogP contribution in [0.2, 0.25) is 5.02 Å². The molecule has 0 spiro atoms. The van der Waals surface area contributed by atoms with Crippen molar-refractivity contribution in [2.45, 2.75) is 12.8 Å². The predicted molar refractivity (Wildman–Crippen MR) is 59.6 cm³/mol. The lowest BCUT2D eigenvalue weighted by Crippen LogP contribution is -2.03. The van der Waals surface area contributed by atoms with E-state index >= 15 is 0 Å². The van der Waals surface area contributed by atoms with Gasteiger partial charge in [-0.2, -0.15) is 0 Å². The molecule has 0 fully saturated rings. The molecule has 0 radical (unpaired) electrons. The first-order chi connectivity index (χ1) is 6.74. The Morgan fingerprint density at radius 1 is 1.29 bits per heavy atom. The SMILES string of the molecule is NCCCCOc1ccc(N)c(Cl)c1. The van der Waals surface area contributed by atoms with E-state index in [1.165, 1.54) is 0 Å². The molecule has 0 aliphatic heterocycles. The van der Waals surface area contributed by atoms with Crippen molar-refractivity contribution in [2.24, 2.45) is 5.73 Å². The molecule has 1 aromatic carbocycles. The van der Waals surface area contributed by atoms with Crippen molar-refractivity contribution in [3.05, 3.63) is 23.2 Å². The van der Waals surface area contributed by atoms with Gasteiger partial charge in [0, 0.05) is 6.07 Å². The van der Waals surface area contributed by atoms with Crippen molar-refractivity contribution in [2.75, 3.05) is 18.9 Å². The van der Waals surface area contributed by atoms with E-state index in [1.807, 2.05) is 6.07 Å². The lowest BCUT2D eigenvalue weighted by molar-refractivity contribution is 0.308. The molecule has 0 aliphatic rings. The van der Waals surface area contributed by atoms with Crippen molar-refractivity contribution in [3.8, 4) is 5.75 Å². The van der Waals surface area contributed by atoms with Crippen LogP contribution in [-0.2, 0) is 0 Å². The summed E-state index contributed by atoms with van der Waals surface area (Å²) in [5, 5.41) is 0.529. The minimum atomic E-state index is 0.529. The van der Waals surface area contributed by atoms with E-state index in [0.717, 1.165) is 18.6 Å². The average molecular weight is 215 g/mol. The Balaban J connectivity index is 2.39. The lowest BCUT2D eigenvalue weighted by Gasteiger charge is -2.06. The molecular weight excluding hydrogens is 200 g/mol. The molecule has 0 aliphatic carbocycles. The summed E-state index contributed by atoms with van der Waals surface area (Å²) in [6.07, 6.45) is 1.93. The smallest absolute Gasteiger partial charge is 0.120 e. The number of nitrogen functional groups attached to an aromatic ring is 1. The van der Waals surface area contributed by atoms with E-state index in [1.54, 1.807) is 12.1 Å². The summed E-state index contributed by atoms with van der Waals surface area (Å²) in [6, 6.07) is 5.27. The van der Waals surface area contributed by atoms with Crippen molar-refractivity contribution in [1.82, 2.24) is 0 Å². The molecule has 0 saturated heterocycles. The van der Waals surface area contributed by atoms with Gasteiger partial charge >= 0.3 is 0 Å². The minimum absolute atomic E-state index is 0.529. The third-order valence-corrected chi connectivity index (χ3v) is 2.17. The third-order valence-electron chi connectivity index (χ3n) is 1.84. The van der Waals surface area contributed by atoms with E-state index in [0.29, 0.717) is 23.9 Å². The highest BCUT2D eigenvalue weighted by atomic mass is 35.5. The van der Waals surface area contributed by atoms with Crippen LogP contribution in [0.15, 0.2) is 18.2 Å². The van der Waals surface area contributed by atoms with E-state index in [4.69, 9.17) is 27.8 Å². The second-order valence-electron chi connectivity index (χ2n) is 3.03. The Labute approximate surface area is 89.0 Å². The number of anilines is 1. The normalized spacial score (nSPS) is 10.1. The van der Waals surface area contributed by atoms with Crippen LogP contribution in [0.4, 0.5) is 5.69 Å². The topological polar surface area (TPSA) is 61.3 Å². The number of rotatable bonds is 5. The van der Waals surface area contributed by atoms with Gasteiger partial charge in [-0.3, -0.25) is 0 Å². The molecule has 0 atom stereocenters. The molecule has 3 nitrogen and oxygen atoms in total. The number of ether oxygens (including phenoxy) is 1. The van der Waals surface area contributed by atoms with Gasteiger partial charge in [-0.25, -0.2) is 0 Å². The van der Waals surface area contributed by atoms with Gasteiger partial charge < -0.3 is 16.2 Å². The summed E-state index contributed by atoms with van der Waals surface area (Å²) >= 11 is 5.83. The first-order valence-electron chi connectivity index (χ1n) is 4.62. The molecule has 78 valence electrons. The number of nitrogens with two attached hydrogens (primary N) is 2. The number of benzene rings is 1. The van der Waals surface area contributed by atoms with Crippen LogP contribution in [0.3, 0.4) is 0 Å². The quantitative estimate of drug-likeness (QED) is 0.583. The van der Waals surface area contributed by atoms with Gasteiger partial charge in [0.15, 0.2) is 0 Å². The van der Waals surface area contributed by atoms with Gasteiger partial charge in [0.1, 0.15) is 5.75 Å². The number of hydrogen-bond donors (Lipinski definition) is 2. The summed E-state index contributed by atoms with van der Waals surface area (Å²) < 4.78 is 5.45. The highest BCUT2D eigenvalue weighted by molar-refractivity contribution is 6.33. The van der Waals surface area contributed by atoms with Gasteiger partial charge in [0.2, 0.25) is 0 Å². The first-order valence-corrected chi connectivity index (χ1v) is 4.99. The van der Waals surface area contributed by atoms with Crippen LogP contribution in [0, 0.1) is 0 Å². The molecule has 0 saturated carbocycles. The fourth-order valence-corrected chi connectivity index (χ4v) is 1.20. The molecule has 0 unspecified atom stereocenters. The largest absolute Gasteiger partial charge is 0.494 e. The molecule has 0 amide bonds. The second kappa shape index (κ2) is 5.73. The van der Waals surface area contributed by atoms with Crippen LogP contribution in [0.1, 0.15) is 12.8 Å². The average Bonchev–Trinajstić information content (AvgIpc) is 2.18. The molecule has 14 heavy (non-hydrogen) atoms. The Morgan fingerprint density at radius 2 is 2.07 bits per heavy atom. The molecule has 4 heteroatoms. The maximum Gasteiger partial charge on any atom is 0.120 e. The zero-order valence-electron chi connectivity index (χ0n) is 8.00. The Hall–Kier alpha value is -0.930. The van der Waals surface area contributed by atoms with Crippen LogP contribution in [0.5, 0.6) is 5.75 Å². The van der Waals surface area contributed by atoms with Crippen LogP contribution in [-0.4, -0.2) is 13.2 Å². The maximum absolute atomic E-state index is 5.83. The van der Waals surface area contributed by atoms with Crippen LogP contribution >= 0.6 is 11.6 Å². The number of unbranched alkanes of at least 4 members (excludes halogenated alkanes) is 1. The molecule has 4 N–H and O–H groups in total. The lowest BCUT2D eigenvalue weighted by atomic mass is 10.3. The highest BCUT2D eigenvalue weighted by Crippen LogP contribution is 2.24. The number of halogens is 1. The van der Waals surface area contributed by atoms with E-state index in [-0.39, 0.29) is 0 Å². The summed E-state index contributed by atoms with van der Waals surface area (Å²) in [6.45, 7) is 1.36. The van der Waals surface area contributed by atoms with Crippen molar-refractivity contribution < 1.29 is 4.74 Å². The van der Waals surface area contributed by atoms with Gasteiger partial charge in [0.05, 0.1) is 17.3 Å². The van der Waals surface area contributed by atoms with E-state index in [2.05, 4.69) is 0 Å². The Kier molecular flexibility index (Phi) is 4.56. The Morgan fingerprint density at radius 3 is 2.71 bits per heavy atom. The fraction of sp³-hybridized carbons (Fsp3) is 0.400. The van der Waals surface area contributed by atoms with Crippen LogP contribution in [0.25, 0.3) is 0 Å². The van der Waals surface area contributed by atoms with Gasteiger partial charge in [0.25, 0.3) is 0 Å². The van der Waals surface area contributed by atoms with E-state index < -0.39 is 0 Å². The highest BCUT2D eigenvalue weighted by Gasteiger charge is 1.98. The Bertz CT molecular complexity index is 291. The summed E-state index contributed by atoms with van der Waals surface area (Å²) in [5.41, 5.74) is 11.5. The van der Waals surface area contributed by atoms with E-state index in [9.17, 15) is 0 Å². The van der Waals surface area contributed by atoms with Crippen molar-refractivity contribution in [3.63, 3.8) is 0 Å². The summed E-state index contributed by atoms with van der Waals surface area (Å²) in [5.74, 6) is 0.751. The molecule has 1 aromatic rings. The molecule has 0 heterocycles. The van der Waals surface area contributed by atoms with Crippen molar-refractivity contribution in [1.29, 1.82) is 0 Å². The number of hydrogen-bond acceptors (Lipinski definition) is 3. The summed E-state index contributed by atoms with van der Waals surface area (Å²) in [4.78, 5) is 0. The maximum atomic E-state index is 5.83. The van der Waals surface area contributed by atoms with Gasteiger partial charge in [-0.1, -0.05) is 11.6 Å². The van der Waals surface area contributed by atoms with Crippen LogP contribution < -0.4 is 16.2 Å². The zero-order chi connectivity index (χ0) is 10.4. The van der Waals surface area contributed by atoms with Crippen molar-refractivity contribution >= 4 is 17.3 Å². The second-order valence-corrected chi connectivity index (χ2v) is 3.43. The zero-order valence-corrected chi connectivity index (χ0v) is 8.76. The standard InChI is InChI=1S/C10H15ClN2O/c11-9-7-8(3-4-10(9)13)14-6-2-1-5-12/h3-4,7H,1-2,5-6,12-13H2. The molecule has 1 rings (SSSR count). The van der Waals surface area contributed by atoms with Gasteiger partial charge in [-0.15, -0.1) is 0 Å². The monoisotopic (exact) mass is 214 g/mol. The third kappa shape index (κ3) is 3.44. The van der Waals surface area contributed by atoms with Gasteiger partial charge in [-0.05, 0) is 31.5 Å². The summed E-state index contributed by atoms with van der Waals surface area (Å²) in [7, 11) is 0. The first kappa shape index (κ1) is 11.1. The molecule has 0 aromatic heterocycles.